The van der Waals surface area contributed by atoms with Crippen molar-refractivity contribution in [3.63, 3.8) is 0 Å². The van der Waals surface area contributed by atoms with Gasteiger partial charge in [0.2, 0.25) is 0 Å². The van der Waals surface area contributed by atoms with Crippen LogP contribution in [0.25, 0.3) is 22.3 Å². The number of nitrogens with zero attached hydrogens (tertiary/aromatic N) is 3. The van der Waals surface area contributed by atoms with Crippen molar-refractivity contribution in [1.29, 1.82) is 0 Å². The smallest absolute Gasteiger partial charge is 0.262 e. The van der Waals surface area contributed by atoms with Crippen molar-refractivity contribution in [2.75, 3.05) is 7.11 Å². The minimum absolute atomic E-state index is 0.147. The van der Waals surface area contributed by atoms with Crippen LogP contribution in [-0.4, -0.2) is 32.0 Å². The van der Waals surface area contributed by atoms with Crippen molar-refractivity contribution in [2.24, 2.45) is 0 Å². The first-order valence-electron chi connectivity index (χ1n) is 6.64. The van der Waals surface area contributed by atoms with Gasteiger partial charge in [-0.3, -0.25) is 4.79 Å². The zero-order chi connectivity index (χ0) is 15.4. The molecule has 21 heavy (non-hydrogen) atoms. The maximum atomic E-state index is 12.1. The second-order valence-corrected chi connectivity index (χ2v) is 4.68. The van der Waals surface area contributed by atoms with Gasteiger partial charge in [-0.2, -0.15) is 5.10 Å². The fraction of sp³-hybridized carbons (Fsp3) is 0.267. The number of hydrogen-bond donors (Lipinski definition) is 2. The predicted molar refractivity (Wildman–Crippen MR) is 82.1 cm³/mol. The maximum Gasteiger partial charge on any atom is 0.262 e. The summed E-state index contributed by atoms with van der Waals surface area (Å²) >= 11 is 0. The van der Waals surface area contributed by atoms with E-state index in [-0.39, 0.29) is 11.6 Å². The summed E-state index contributed by atoms with van der Waals surface area (Å²) in [7, 11) is 1.00. The molecule has 2 N–H and O–H groups in total. The van der Waals surface area contributed by atoms with Crippen LogP contribution in [0.1, 0.15) is 19.9 Å². The topological polar surface area (TPSA) is 83.8 Å². The molecule has 0 saturated heterocycles. The highest BCUT2D eigenvalue weighted by atomic mass is 16.2. The van der Waals surface area contributed by atoms with Crippen LogP contribution in [0, 0.1) is 0 Å². The molecule has 0 aliphatic rings. The van der Waals surface area contributed by atoms with E-state index < -0.39 is 0 Å². The third-order valence-corrected chi connectivity index (χ3v) is 3.03. The number of nitrogens with one attached hydrogen (secondary N) is 1. The molecule has 6 heteroatoms. The summed E-state index contributed by atoms with van der Waals surface area (Å²) in [6, 6.07) is 9.83. The Morgan fingerprint density at radius 3 is 2.48 bits per heavy atom. The Morgan fingerprint density at radius 1 is 1.19 bits per heavy atom. The molecule has 0 saturated carbocycles. The van der Waals surface area contributed by atoms with Crippen molar-refractivity contribution in [3.8, 4) is 11.3 Å². The molecule has 0 atom stereocenters. The molecule has 1 aromatic carbocycles. The van der Waals surface area contributed by atoms with Crippen molar-refractivity contribution in [2.45, 2.75) is 19.9 Å². The molecule has 3 aromatic rings. The second kappa shape index (κ2) is 6.32. The van der Waals surface area contributed by atoms with Gasteiger partial charge in [0.1, 0.15) is 11.1 Å². The summed E-state index contributed by atoms with van der Waals surface area (Å²) in [5.74, 6) is 0. The third-order valence-electron chi connectivity index (χ3n) is 3.03. The molecule has 0 spiro atoms. The van der Waals surface area contributed by atoms with Crippen LogP contribution in [-0.2, 0) is 0 Å². The Bertz CT molecular complexity index is 775. The molecule has 0 aliphatic heterocycles. The summed E-state index contributed by atoms with van der Waals surface area (Å²) in [4.78, 5) is 18.9. The van der Waals surface area contributed by atoms with E-state index in [2.05, 4.69) is 15.1 Å². The third kappa shape index (κ3) is 2.71. The number of aliphatic hydroxyl groups excluding tert-OH is 1. The Kier molecular flexibility index (Phi) is 4.49. The lowest BCUT2D eigenvalue weighted by Gasteiger charge is -2.04. The maximum absolute atomic E-state index is 12.1. The highest BCUT2D eigenvalue weighted by Crippen LogP contribution is 2.25. The van der Waals surface area contributed by atoms with Crippen molar-refractivity contribution in [3.05, 3.63) is 47.0 Å². The SMILES string of the molecule is CC(C)n1nc(-c2ccccc2)c2c(=O)[nH]cnc21.CO. The first kappa shape index (κ1) is 14.9. The van der Waals surface area contributed by atoms with Gasteiger partial charge in [0, 0.05) is 18.7 Å². The van der Waals surface area contributed by atoms with Crippen LogP contribution in [0.2, 0.25) is 0 Å². The average molecular weight is 286 g/mol. The molecule has 6 nitrogen and oxygen atoms in total. The quantitative estimate of drug-likeness (QED) is 0.754. The second-order valence-electron chi connectivity index (χ2n) is 4.68. The number of benzene rings is 1. The summed E-state index contributed by atoms with van der Waals surface area (Å²) in [6.45, 7) is 4.04. The Labute approximate surface area is 122 Å². The lowest BCUT2D eigenvalue weighted by Crippen LogP contribution is -2.08. The number of H-pyrrole nitrogens is 1. The first-order valence-corrected chi connectivity index (χ1v) is 6.64. The molecule has 0 bridgehead atoms. The molecule has 2 heterocycles. The van der Waals surface area contributed by atoms with E-state index in [0.717, 1.165) is 12.7 Å². The molecule has 3 rings (SSSR count). The van der Waals surface area contributed by atoms with Crippen LogP contribution in [0.4, 0.5) is 0 Å². The van der Waals surface area contributed by atoms with Crippen molar-refractivity contribution in [1.82, 2.24) is 19.7 Å². The van der Waals surface area contributed by atoms with Gasteiger partial charge >= 0.3 is 0 Å². The predicted octanol–water partition coefficient (Wildman–Crippen LogP) is 1.98. The van der Waals surface area contributed by atoms with Gasteiger partial charge in [0.25, 0.3) is 5.56 Å². The van der Waals surface area contributed by atoms with Crippen LogP contribution in [0.5, 0.6) is 0 Å². The van der Waals surface area contributed by atoms with Crippen LogP contribution >= 0.6 is 0 Å². The minimum Gasteiger partial charge on any atom is -0.400 e. The largest absolute Gasteiger partial charge is 0.400 e. The van der Waals surface area contributed by atoms with Gasteiger partial charge in [0.15, 0.2) is 5.65 Å². The lowest BCUT2D eigenvalue weighted by molar-refractivity contribution is 0.399. The highest BCUT2D eigenvalue weighted by Gasteiger charge is 2.17. The molecular weight excluding hydrogens is 268 g/mol. The van der Waals surface area contributed by atoms with Gasteiger partial charge in [0.05, 0.1) is 6.33 Å². The van der Waals surface area contributed by atoms with E-state index in [0.29, 0.717) is 16.7 Å². The fourth-order valence-corrected chi connectivity index (χ4v) is 2.14. The number of rotatable bonds is 2. The Morgan fingerprint density at radius 2 is 1.86 bits per heavy atom. The Balaban J connectivity index is 0.000000774. The Hall–Kier alpha value is -2.47. The lowest BCUT2D eigenvalue weighted by atomic mass is 10.1. The molecule has 110 valence electrons. The van der Waals surface area contributed by atoms with Crippen LogP contribution < -0.4 is 5.56 Å². The minimum atomic E-state index is -0.157. The molecule has 0 amide bonds. The van der Waals surface area contributed by atoms with Crippen LogP contribution in [0.15, 0.2) is 41.5 Å². The van der Waals surface area contributed by atoms with E-state index in [9.17, 15) is 4.79 Å². The van der Waals surface area contributed by atoms with E-state index in [1.807, 2.05) is 44.2 Å². The molecule has 0 fully saturated rings. The van der Waals surface area contributed by atoms with Gasteiger partial charge in [-0.15, -0.1) is 0 Å². The fourth-order valence-electron chi connectivity index (χ4n) is 2.14. The van der Waals surface area contributed by atoms with Crippen LogP contribution in [0.3, 0.4) is 0 Å². The summed E-state index contributed by atoms with van der Waals surface area (Å²) < 4.78 is 1.78. The summed E-state index contributed by atoms with van der Waals surface area (Å²) in [6.07, 6.45) is 1.42. The van der Waals surface area contributed by atoms with E-state index in [1.54, 1.807) is 4.68 Å². The van der Waals surface area contributed by atoms with Crippen molar-refractivity contribution >= 4 is 11.0 Å². The van der Waals surface area contributed by atoms with E-state index >= 15 is 0 Å². The normalized spacial score (nSPS) is 10.5. The summed E-state index contributed by atoms with van der Waals surface area (Å²) in [5, 5.41) is 12.1. The summed E-state index contributed by atoms with van der Waals surface area (Å²) in [5.41, 5.74) is 2.07. The zero-order valence-electron chi connectivity index (χ0n) is 12.2. The van der Waals surface area contributed by atoms with E-state index in [4.69, 9.17) is 5.11 Å². The van der Waals surface area contributed by atoms with Gasteiger partial charge in [-0.25, -0.2) is 9.67 Å². The zero-order valence-corrected chi connectivity index (χ0v) is 12.2. The highest BCUT2D eigenvalue weighted by molar-refractivity contribution is 5.90. The number of aliphatic hydroxyl groups is 1. The first-order chi connectivity index (χ1) is 10.2. The number of fused-ring (bicyclic) bond motifs is 1. The molecule has 2 aromatic heterocycles. The standard InChI is InChI=1S/C14H14N4O.CH4O/c1-9(2)18-13-11(14(19)16-8-15-13)12(17-18)10-6-4-3-5-7-10;1-2/h3-9H,1-2H3,(H,15,16,19);2H,1H3. The molecular formula is C15H18N4O2. The molecule has 0 aliphatic carbocycles. The number of hydrogen-bond acceptors (Lipinski definition) is 4. The number of aromatic amines is 1. The van der Waals surface area contributed by atoms with E-state index in [1.165, 1.54) is 6.33 Å². The average Bonchev–Trinajstić information content (AvgIpc) is 2.91. The van der Waals surface area contributed by atoms with Gasteiger partial charge in [-0.05, 0) is 13.8 Å². The molecule has 0 unspecified atom stereocenters. The number of aromatic nitrogens is 4. The molecule has 0 radical (unpaired) electrons. The monoisotopic (exact) mass is 286 g/mol. The van der Waals surface area contributed by atoms with Gasteiger partial charge in [-0.1, -0.05) is 30.3 Å². The van der Waals surface area contributed by atoms with Crippen molar-refractivity contribution < 1.29 is 5.11 Å². The van der Waals surface area contributed by atoms with Gasteiger partial charge < -0.3 is 10.1 Å².